The van der Waals surface area contributed by atoms with Crippen molar-refractivity contribution < 1.29 is 0 Å². The van der Waals surface area contributed by atoms with Crippen molar-refractivity contribution in [3.05, 3.63) is 60.0 Å². The van der Waals surface area contributed by atoms with Crippen LogP contribution in [0.15, 0.2) is 55.0 Å². The Morgan fingerprint density at radius 2 is 2.05 bits per heavy atom. The highest BCUT2D eigenvalue weighted by molar-refractivity contribution is 7.19. The fourth-order valence-corrected chi connectivity index (χ4v) is 3.45. The first-order valence-corrected chi connectivity index (χ1v) is 7.85. The number of nitrogen functional groups attached to an aromatic ring is 1. The lowest BCUT2D eigenvalue weighted by molar-refractivity contribution is 1.19. The largest absolute Gasteiger partial charge is 0.375 e. The number of rotatable bonds is 2. The van der Waals surface area contributed by atoms with Crippen molar-refractivity contribution >= 4 is 33.7 Å². The number of fused-ring (bicyclic) bond motifs is 1. The summed E-state index contributed by atoms with van der Waals surface area (Å²) in [7, 11) is 0. The Morgan fingerprint density at radius 3 is 2.91 bits per heavy atom. The fraction of sp³-hybridized carbons (Fsp3) is 0. The van der Waals surface area contributed by atoms with Gasteiger partial charge in [-0.25, -0.2) is 9.97 Å². The second kappa shape index (κ2) is 5.12. The number of imidazole rings is 1. The number of nitrogens with two attached hydrogens (primary N) is 1. The number of anilines is 1. The van der Waals surface area contributed by atoms with Crippen LogP contribution in [0.25, 0.3) is 27.3 Å². The quantitative estimate of drug-likeness (QED) is 0.595. The summed E-state index contributed by atoms with van der Waals surface area (Å²) in [5, 5.41) is 1.22. The minimum Gasteiger partial charge on any atom is -0.375 e. The molecule has 0 fully saturated rings. The van der Waals surface area contributed by atoms with Gasteiger partial charge in [0.2, 0.25) is 0 Å². The summed E-state index contributed by atoms with van der Waals surface area (Å²) in [4.78, 5) is 9.76. The number of hydrogen-bond donors (Lipinski definition) is 1. The van der Waals surface area contributed by atoms with Crippen LogP contribution in [0.3, 0.4) is 0 Å². The van der Waals surface area contributed by atoms with Gasteiger partial charge in [-0.15, -0.1) is 0 Å². The molecule has 0 aliphatic rings. The van der Waals surface area contributed by atoms with E-state index in [1.165, 1.54) is 11.3 Å². The molecule has 0 amide bonds. The smallest absolute Gasteiger partial charge is 0.181 e. The normalized spacial score (nSPS) is 11.1. The molecule has 1 aromatic carbocycles. The van der Waals surface area contributed by atoms with Gasteiger partial charge in [-0.05, 0) is 24.3 Å². The fourth-order valence-electron chi connectivity index (χ4n) is 2.42. The summed E-state index contributed by atoms with van der Waals surface area (Å²) < 4.78 is 1.98. The molecule has 4 nitrogen and oxygen atoms in total. The van der Waals surface area contributed by atoms with E-state index >= 15 is 0 Å². The molecule has 0 aliphatic carbocycles. The highest BCUT2D eigenvalue weighted by atomic mass is 35.5. The number of halogens is 1. The molecule has 4 aromatic rings. The second-order valence-electron chi connectivity index (χ2n) is 4.85. The average Bonchev–Trinajstić information content (AvgIpc) is 3.12. The molecular formula is C16H11ClN4S. The topological polar surface area (TPSA) is 56.2 Å². The number of pyridine rings is 1. The van der Waals surface area contributed by atoms with E-state index in [1.54, 1.807) is 6.20 Å². The predicted octanol–water partition coefficient (Wildman–Crippen LogP) is 4.36. The number of benzene rings is 1. The first kappa shape index (κ1) is 13.3. The van der Waals surface area contributed by atoms with E-state index in [2.05, 4.69) is 9.97 Å². The molecule has 108 valence electrons. The lowest BCUT2D eigenvalue weighted by atomic mass is 10.1. The van der Waals surface area contributed by atoms with Crippen molar-refractivity contribution in [1.82, 2.24) is 14.4 Å². The van der Waals surface area contributed by atoms with Gasteiger partial charge in [-0.3, -0.25) is 0 Å². The van der Waals surface area contributed by atoms with E-state index in [-0.39, 0.29) is 0 Å². The van der Waals surface area contributed by atoms with Crippen LogP contribution in [0.2, 0.25) is 5.02 Å². The molecule has 0 spiro atoms. The van der Waals surface area contributed by atoms with Gasteiger partial charge in [-0.2, -0.15) is 0 Å². The number of nitrogens with zero attached hydrogens (tertiary/aromatic N) is 3. The van der Waals surface area contributed by atoms with Crippen LogP contribution >= 0.6 is 22.9 Å². The van der Waals surface area contributed by atoms with Crippen LogP contribution in [0.1, 0.15) is 0 Å². The third kappa shape index (κ3) is 2.24. The maximum Gasteiger partial charge on any atom is 0.181 e. The Labute approximate surface area is 135 Å². The third-order valence-electron chi connectivity index (χ3n) is 3.39. The maximum absolute atomic E-state index is 6.10. The zero-order valence-corrected chi connectivity index (χ0v) is 13.0. The van der Waals surface area contributed by atoms with Gasteiger partial charge >= 0.3 is 0 Å². The number of hydrogen-bond acceptors (Lipinski definition) is 4. The van der Waals surface area contributed by atoms with E-state index < -0.39 is 0 Å². The molecule has 22 heavy (non-hydrogen) atoms. The summed E-state index contributed by atoms with van der Waals surface area (Å²) in [5.74, 6) is 0. The van der Waals surface area contributed by atoms with Crippen LogP contribution in [-0.4, -0.2) is 14.4 Å². The molecule has 0 saturated heterocycles. The highest BCUT2D eigenvalue weighted by Gasteiger charge is 2.14. The van der Waals surface area contributed by atoms with Gasteiger partial charge in [0.25, 0.3) is 0 Å². The maximum atomic E-state index is 6.10. The molecule has 3 heterocycles. The molecule has 0 saturated carbocycles. The van der Waals surface area contributed by atoms with Gasteiger partial charge in [0, 0.05) is 34.7 Å². The Bertz CT molecular complexity index is 973. The van der Waals surface area contributed by atoms with Gasteiger partial charge in [0.15, 0.2) is 5.13 Å². The van der Waals surface area contributed by atoms with Crippen molar-refractivity contribution in [2.24, 2.45) is 0 Å². The zero-order chi connectivity index (χ0) is 15.1. The molecule has 0 bridgehead atoms. The number of thiazole rings is 1. The van der Waals surface area contributed by atoms with Crippen molar-refractivity contribution in [3.63, 3.8) is 0 Å². The minimum atomic E-state index is 0.538. The molecule has 6 heteroatoms. The van der Waals surface area contributed by atoms with E-state index in [0.717, 1.165) is 27.3 Å². The monoisotopic (exact) mass is 326 g/mol. The van der Waals surface area contributed by atoms with Gasteiger partial charge < -0.3 is 10.1 Å². The highest BCUT2D eigenvalue weighted by Crippen LogP contribution is 2.38. The summed E-state index contributed by atoms with van der Waals surface area (Å²) >= 11 is 7.56. The molecular weight excluding hydrogens is 316 g/mol. The summed E-state index contributed by atoms with van der Waals surface area (Å²) in [6.07, 6.45) is 5.73. The number of aromatic nitrogens is 3. The predicted molar refractivity (Wildman–Crippen MR) is 91.2 cm³/mol. The summed E-state index contributed by atoms with van der Waals surface area (Å²) in [6, 6.07) is 11.7. The molecule has 0 aliphatic heterocycles. The average molecular weight is 327 g/mol. The first-order chi connectivity index (χ1) is 10.7. The van der Waals surface area contributed by atoms with E-state index in [4.69, 9.17) is 17.3 Å². The third-order valence-corrected chi connectivity index (χ3v) is 4.56. The summed E-state index contributed by atoms with van der Waals surface area (Å²) in [5.41, 5.74) is 9.71. The van der Waals surface area contributed by atoms with Crippen molar-refractivity contribution in [2.75, 3.05) is 5.73 Å². The molecule has 2 N–H and O–H groups in total. The van der Waals surface area contributed by atoms with Gasteiger partial charge in [0.1, 0.15) is 5.65 Å². The first-order valence-electron chi connectivity index (χ1n) is 6.66. The molecule has 4 rings (SSSR count). The lowest BCUT2D eigenvalue weighted by Crippen LogP contribution is -1.87. The zero-order valence-electron chi connectivity index (χ0n) is 11.4. The van der Waals surface area contributed by atoms with E-state index in [1.807, 2.05) is 53.2 Å². The van der Waals surface area contributed by atoms with E-state index in [0.29, 0.717) is 10.2 Å². The van der Waals surface area contributed by atoms with Crippen LogP contribution < -0.4 is 5.73 Å². The Kier molecular flexibility index (Phi) is 3.10. The molecule has 3 aromatic heterocycles. The molecule has 0 atom stereocenters. The van der Waals surface area contributed by atoms with E-state index in [9.17, 15) is 0 Å². The SMILES string of the molecule is Nc1nc(-c2cccc(Cl)c2)c(-c2ccc3nccn3c2)s1. The second-order valence-corrected chi connectivity index (χ2v) is 6.32. The Balaban J connectivity index is 1.91. The summed E-state index contributed by atoms with van der Waals surface area (Å²) in [6.45, 7) is 0. The van der Waals surface area contributed by atoms with Crippen LogP contribution in [0.5, 0.6) is 0 Å². The van der Waals surface area contributed by atoms with Crippen LogP contribution in [0, 0.1) is 0 Å². The van der Waals surface area contributed by atoms with Crippen molar-refractivity contribution in [2.45, 2.75) is 0 Å². The van der Waals surface area contributed by atoms with Crippen LogP contribution in [0.4, 0.5) is 5.13 Å². The molecule has 0 radical (unpaired) electrons. The Hall–Kier alpha value is -2.37. The van der Waals surface area contributed by atoms with Crippen molar-refractivity contribution in [3.8, 4) is 21.7 Å². The Morgan fingerprint density at radius 1 is 1.14 bits per heavy atom. The van der Waals surface area contributed by atoms with Crippen LogP contribution in [-0.2, 0) is 0 Å². The van der Waals surface area contributed by atoms with Crippen molar-refractivity contribution in [1.29, 1.82) is 0 Å². The minimum absolute atomic E-state index is 0.538. The van der Waals surface area contributed by atoms with Gasteiger partial charge in [-0.1, -0.05) is 35.1 Å². The standard InChI is InChI=1S/C16H11ClN4S/c17-12-3-1-2-10(8-12)14-15(22-16(18)20-14)11-4-5-13-19-6-7-21(13)9-11/h1-9H,(H2,18,20). The lowest BCUT2D eigenvalue weighted by Gasteiger charge is -2.04. The molecule has 0 unspecified atom stereocenters. The van der Waals surface area contributed by atoms with Gasteiger partial charge in [0.05, 0.1) is 10.6 Å².